The van der Waals surface area contributed by atoms with Gasteiger partial charge in [-0.25, -0.2) is 0 Å². The first-order valence-electron chi connectivity index (χ1n) is 11.2. The van der Waals surface area contributed by atoms with Crippen LogP contribution >= 0.6 is 11.6 Å². The van der Waals surface area contributed by atoms with E-state index < -0.39 is 4.92 Å². The Labute approximate surface area is 214 Å². The van der Waals surface area contributed by atoms with Gasteiger partial charge < -0.3 is 18.9 Å². The molecule has 0 heterocycles. The quantitative estimate of drug-likeness (QED) is 0.133. The number of hydrogen-bond donors (Lipinski definition) is 1. The molecular weight excluding hydrogens is 486 g/mol. The molecule has 0 bridgehead atoms. The van der Waals surface area contributed by atoms with E-state index in [1.165, 1.54) is 30.4 Å². The van der Waals surface area contributed by atoms with Crippen molar-refractivity contribution >= 4 is 29.2 Å². The van der Waals surface area contributed by atoms with Gasteiger partial charge in [0, 0.05) is 12.1 Å². The fourth-order valence-corrected chi connectivity index (χ4v) is 3.39. The number of nitrogens with one attached hydrogen (secondary N) is 1. The van der Waals surface area contributed by atoms with Gasteiger partial charge in [-0.05, 0) is 66.9 Å². The maximum Gasteiger partial charge on any atom is 0.269 e. The predicted octanol–water partition coefficient (Wildman–Crippen LogP) is 5.79. The van der Waals surface area contributed by atoms with E-state index >= 15 is 0 Å². The number of hydrogen-bond acceptors (Lipinski definition) is 8. The summed E-state index contributed by atoms with van der Waals surface area (Å²) >= 11 is 6.40. The van der Waals surface area contributed by atoms with Crippen LogP contribution in [0.25, 0.3) is 0 Å². The summed E-state index contributed by atoms with van der Waals surface area (Å²) in [6, 6.07) is 15.3. The monoisotopic (exact) mass is 513 g/mol. The second-order valence-electron chi connectivity index (χ2n) is 7.76. The van der Waals surface area contributed by atoms with Crippen LogP contribution in [0, 0.1) is 24.0 Å². The van der Waals surface area contributed by atoms with Crippen molar-refractivity contribution in [1.82, 2.24) is 0 Å². The average Bonchev–Trinajstić information content (AvgIpc) is 2.86. The molecule has 0 saturated heterocycles. The van der Waals surface area contributed by atoms with E-state index in [4.69, 9.17) is 30.5 Å². The summed E-state index contributed by atoms with van der Waals surface area (Å²) in [6.45, 7) is 5.62. The van der Waals surface area contributed by atoms with Crippen molar-refractivity contribution in [2.75, 3.05) is 39.0 Å². The first kappa shape index (κ1) is 26.8. The normalized spacial score (nSPS) is 10.9. The molecule has 0 aliphatic rings. The van der Waals surface area contributed by atoms with Crippen molar-refractivity contribution in [3.63, 3.8) is 0 Å². The molecule has 0 unspecified atom stereocenters. The Bertz CT molecular complexity index is 1200. The minimum absolute atomic E-state index is 0.00712. The Hall–Kier alpha value is -3.82. The van der Waals surface area contributed by atoms with Crippen LogP contribution in [0.1, 0.15) is 16.7 Å². The maximum atomic E-state index is 10.7. The highest BCUT2D eigenvalue weighted by molar-refractivity contribution is 6.32. The van der Waals surface area contributed by atoms with E-state index in [2.05, 4.69) is 17.5 Å². The zero-order valence-corrected chi connectivity index (χ0v) is 21.1. The summed E-state index contributed by atoms with van der Waals surface area (Å²) in [4.78, 5) is 10.3. The predicted molar refractivity (Wildman–Crippen MR) is 140 cm³/mol. The van der Waals surface area contributed by atoms with Crippen LogP contribution in [0.4, 0.5) is 11.4 Å². The van der Waals surface area contributed by atoms with Gasteiger partial charge >= 0.3 is 0 Å². The van der Waals surface area contributed by atoms with Crippen LogP contribution in [0.5, 0.6) is 17.2 Å². The molecule has 0 aliphatic heterocycles. The first-order valence-corrected chi connectivity index (χ1v) is 11.6. The average molecular weight is 514 g/mol. The third-order valence-electron chi connectivity index (χ3n) is 5.19. The highest BCUT2D eigenvalue weighted by Gasteiger charge is 2.12. The van der Waals surface area contributed by atoms with Gasteiger partial charge in [-0.15, -0.1) is 0 Å². The van der Waals surface area contributed by atoms with Crippen molar-refractivity contribution < 1.29 is 23.9 Å². The minimum Gasteiger partial charge on any atom is -0.493 e. The first-order chi connectivity index (χ1) is 17.4. The number of nitrogens with zero attached hydrogens (tertiary/aromatic N) is 2. The second-order valence-corrected chi connectivity index (χ2v) is 8.17. The fourth-order valence-electron chi connectivity index (χ4n) is 3.12. The summed E-state index contributed by atoms with van der Waals surface area (Å²) in [6.07, 6.45) is 1.55. The Morgan fingerprint density at radius 3 is 2.36 bits per heavy atom. The third-order valence-corrected chi connectivity index (χ3v) is 5.47. The molecule has 3 aromatic carbocycles. The topological polar surface area (TPSA) is 104 Å². The number of anilines is 1. The lowest BCUT2D eigenvalue weighted by Gasteiger charge is -2.13. The number of nitro benzene ring substituents is 1. The molecule has 0 saturated carbocycles. The molecule has 0 aromatic heterocycles. The molecule has 3 rings (SSSR count). The van der Waals surface area contributed by atoms with E-state index in [1.54, 1.807) is 30.5 Å². The van der Waals surface area contributed by atoms with E-state index in [-0.39, 0.29) is 12.3 Å². The minimum atomic E-state index is -0.459. The Kier molecular flexibility index (Phi) is 9.91. The van der Waals surface area contributed by atoms with E-state index in [0.717, 1.165) is 5.75 Å². The van der Waals surface area contributed by atoms with Gasteiger partial charge in [0.2, 0.25) is 0 Å². The summed E-state index contributed by atoms with van der Waals surface area (Å²) in [5, 5.41) is 15.2. The van der Waals surface area contributed by atoms with Gasteiger partial charge in [-0.1, -0.05) is 17.7 Å². The van der Waals surface area contributed by atoms with Crippen molar-refractivity contribution in [2.45, 2.75) is 13.8 Å². The molecule has 10 heteroatoms. The van der Waals surface area contributed by atoms with Gasteiger partial charge in [-0.3, -0.25) is 15.5 Å². The van der Waals surface area contributed by atoms with Crippen molar-refractivity contribution in [2.24, 2.45) is 5.10 Å². The zero-order valence-electron chi connectivity index (χ0n) is 20.3. The van der Waals surface area contributed by atoms with Gasteiger partial charge in [0.15, 0.2) is 11.5 Å². The molecule has 0 fully saturated rings. The summed E-state index contributed by atoms with van der Waals surface area (Å²) in [5.41, 5.74) is 6.51. The molecular formula is C26H28ClN3O6. The fraction of sp³-hybridized carbons (Fsp3) is 0.269. The number of methoxy groups -OCH3 is 1. The van der Waals surface area contributed by atoms with E-state index in [0.29, 0.717) is 47.6 Å². The number of benzene rings is 3. The van der Waals surface area contributed by atoms with Gasteiger partial charge in [0.25, 0.3) is 5.69 Å². The molecule has 9 nitrogen and oxygen atoms in total. The highest BCUT2D eigenvalue weighted by atomic mass is 35.5. The van der Waals surface area contributed by atoms with Crippen molar-refractivity contribution in [3.05, 3.63) is 86.4 Å². The summed E-state index contributed by atoms with van der Waals surface area (Å²) < 4.78 is 22.5. The number of hydrazone groups is 1. The molecule has 1 N–H and O–H groups in total. The number of ether oxygens (including phenoxy) is 4. The molecule has 0 radical (unpaired) electrons. The van der Waals surface area contributed by atoms with Gasteiger partial charge in [0.05, 0.1) is 42.2 Å². The SMILES string of the molecule is COc1cc(/C=N/Nc2ccc([N+](=O)[O-])cc2)cc(Cl)c1OCCOCCOc1ccc(C)c(C)c1. The number of non-ortho nitro benzene ring substituents is 1. The third kappa shape index (κ3) is 7.86. The van der Waals surface area contributed by atoms with E-state index in [1.807, 2.05) is 25.1 Å². The van der Waals surface area contributed by atoms with Crippen LogP contribution in [0.3, 0.4) is 0 Å². The molecule has 0 spiro atoms. The standard InChI is InChI=1S/C26H28ClN3O6/c1-18-4-9-23(14-19(18)2)35-12-10-34-11-13-36-26-24(27)15-20(16-25(26)33-3)17-28-29-21-5-7-22(8-6-21)30(31)32/h4-9,14-17,29H,10-13H2,1-3H3/b28-17+. The molecule has 0 atom stereocenters. The smallest absolute Gasteiger partial charge is 0.269 e. The number of rotatable bonds is 13. The molecule has 36 heavy (non-hydrogen) atoms. The summed E-state index contributed by atoms with van der Waals surface area (Å²) in [5.74, 6) is 1.69. The Morgan fingerprint density at radius 1 is 0.972 bits per heavy atom. The Morgan fingerprint density at radius 2 is 1.69 bits per heavy atom. The highest BCUT2D eigenvalue weighted by Crippen LogP contribution is 2.36. The molecule has 0 aliphatic carbocycles. The molecule has 3 aromatic rings. The molecule has 190 valence electrons. The lowest BCUT2D eigenvalue weighted by atomic mass is 10.1. The zero-order chi connectivity index (χ0) is 25.9. The maximum absolute atomic E-state index is 10.7. The Balaban J connectivity index is 1.44. The van der Waals surface area contributed by atoms with Crippen LogP contribution in [0.2, 0.25) is 5.02 Å². The van der Waals surface area contributed by atoms with E-state index in [9.17, 15) is 10.1 Å². The largest absolute Gasteiger partial charge is 0.493 e. The van der Waals surface area contributed by atoms with Crippen LogP contribution in [0.15, 0.2) is 59.7 Å². The number of nitro groups is 1. The van der Waals surface area contributed by atoms with Crippen LogP contribution < -0.4 is 19.6 Å². The number of aryl methyl sites for hydroxylation is 2. The summed E-state index contributed by atoms with van der Waals surface area (Å²) in [7, 11) is 1.52. The van der Waals surface area contributed by atoms with Gasteiger partial charge in [0.1, 0.15) is 19.0 Å². The molecule has 0 amide bonds. The van der Waals surface area contributed by atoms with Crippen molar-refractivity contribution in [1.29, 1.82) is 0 Å². The number of halogens is 1. The van der Waals surface area contributed by atoms with Crippen molar-refractivity contribution in [3.8, 4) is 17.2 Å². The second kappa shape index (κ2) is 13.3. The lowest BCUT2D eigenvalue weighted by Crippen LogP contribution is -2.12. The van der Waals surface area contributed by atoms with Crippen LogP contribution in [-0.2, 0) is 4.74 Å². The van der Waals surface area contributed by atoms with Crippen LogP contribution in [-0.4, -0.2) is 44.7 Å². The van der Waals surface area contributed by atoms with Gasteiger partial charge in [-0.2, -0.15) is 5.10 Å². The lowest BCUT2D eigenvalue weighted by molar-refractivity contribution is -0.384.